The summed E-state index contributed by atoms with van der Waals surface area (Å²) in [5.74, 6) is 0. The van der Waals surface area contributed by atoms with E-state index in [1.165, 1.54) is 66.2 Å². The van der Waals surface area contributed by atoms with E-state index >= 15 is 0 Å². The molecule has 113 heavy (non-hydrogen) atoms. The van der Waals surface area contributed by atoms with Crippen LogP contribution in [0.3, 0.4) is 0 Å². The second-order valence-electron chi connectivity index (χ2n) is 28.9. The molecule has 12 aromatic carbocycles. The number of nitrogens with zero attached hydrogens (tertiary/aromatic N) is 5. The Labute approximate surface area is 669 Å². The van der Waals surface area contributed by atoms with E-state index in [4.69, 9.17) is 25.9 Å². The van der Waals surface area contributed by atoms with Crippen LogP contribution in [-0.2, 0) is 28.2 Å². The molecule has 0 aliphatic carbocycles. The second kappa shape index (κ2) is 30.8. The predicted molar refractivity (Wildman–Crippen MR) is 475 cm³/mol. The summed E-state index contributed by atoms with van der Waals surface area (Å²) >= 11 is 0. The van der Waals surface area contributed by atoms with Crippen molar-refractivity contribution in [2.75, 3.05) is 0 Å². The molecule has 0 aliphatic rings. The Bertz CT molecular complexity index is 7320. The van der Waals surface area contributed by atoms with Gasteiger partial charge in [0.1, 0.15) is 72.6 Å². The molecule has 0 spiro atoms. The van der Waals surface area contributed by atoms with Crippen molar-refractivity contribution < 1.29 is 44.2 Å². The van der Waals surface area contributed by atoms with E-state index in [1.54, 1.807) is 29.0 Å². The Balaban J connectivity index is 0.000000131. The van der Waals surface area contributed by atoms with Gasteiger partial charge in [0.05, 0.1) is 39.9 Å². The van der Waals surface area contributed by atoms with Crippen molar-refractivity contribution in [3.8, 4) is 56.2 Å². The van der Waals surface area contributed by atoms with Gasteiger partial charge in [0.15, 0.2) is 36.0 Å². The van der Waals surface area contributed by atoms with Gasteiger partial charge in [0.2, 0.25) is 22.8 Å². The molecule has 0 aliphatic heterocycles. The standard InChI is InChI=1S/C31H26NO.C24H20NO.C23H18NO.C22H17N2O.4CH4/c1-19-10-13-26(20(2)14-19)30-29-27-16-25-15-23(22-8-6-5-7-9-22)11-12-24(25)17-28(27)33-31(29)21(3)18-32(30)4;1-15-8-10-18(16(2)12-15)22-13-23-21(14-25(22)3)20-11-9-17-6-4-5-7-19(17)24(20)26-23;1-15-7-3-5-9-17(15)21-13-22-20(14-24(21)2)19-12-11-16-8-4-6-10-18(16)23(19)25-22;1-14-6-3-4-8-16(14)19-12-20-18(13-24(19)2)17-10-9-15-7-5-11-23-21(15)22(17)25-20;;;;/h5-18H,1-4H3;4-14H,1-3H3;3-14H,1-2H3;3-13H,1-2H3;4*1H4/q4*+1;;;;/i1D3,3D3;;;;;;;. The summed E-state index contributed by atoms with van der Waals surface area (Å²) in [6.45, 7) is 5.84. The van der Waals surface area contributed by atoms with Gasteiger partial charge in [0.25, 0.3) is 0 Å². The molecule has 0 atom stereocenters. The van der Waals surface area contributed by atoms with Gasteiger partial charge in [-0.25, -0.2) is 13.7 Å². The number of fused-ring (bicyclic) bond motifs is 19. The average molecular weight is 1490 g/mol. The third-order valence-corrected chi connectivity index (χ3v) is 21.6. The Morgan fingerprint density at radius 2 is 0.743 bits per heavy atom. The summed E-state index contributed by atoms with van der Waals surface area (Å²) in [5.41, 5.74) is 24.6. The Morgan fingerprint density at radius 1 is 0.283 bits per heavy atom. The van der Waals surface area contributed by atoms with Gasteiger partial charge in [-0.15, -0.1) is 0 Å². The summed E-state index contributed by atoms with van der Waals surface area (Å²) < 4.78 is 81.6. The van der Waals surface area contributed by atoms with Crippen LogP contribution in [0.15, 0.2) is 310 Å². The number of aryl methyl sites for hydroxylation is 11. The van der Waals surface area contributed by atoms with Crippen molar-refractivity contribution in [2.45, 2.75) is 78.0 Å². The lowest BCUT2D eigenvalue weighted by atomic mass is 9.96. The highest BCUT2D eigenvalue weighted by molar-refractivity contribution is 6.18. The molecule has 9 heteroatoms. The maximum absolute atomic E-state index is 8.20. The van der Waals surface area contributed by atoms with E-state index in [9.17, 15) is 0 Å². The van der Waals surface area contributed by atoms with Crippen molar-refractivity contribution in [3.05, 3.63) is 331 Å². The molecule has 0 fully saturated rings. The topological polar surface area (TPSA) is 81.0 Å². The highest BCUT2D eigenvalue weighted by Gasteiger charge is 2.27. The summed E-state index contributed by atoms with van der Waals surface area (Å²) in [6.07, 6.45) is 9.92. The molecule has 9 aromatic heterocycles. The summed E-state index contributed by atoms with van der Waals surface area (Å²) in [6, 6.07) is 89.1. The third kappa shape index (κ3) is 13.7. The summed E-state index contributed by atoms with van der Waals surface area (Å²) in [5, 5.41) is 16.2. The fourth-order valence-electron chi connectivity index (χ4n) is 16.1. The monoisotopic (exact) mass is 1490 g/mol. The molecule has 9 nitrogen and oxygen atoms in total. The average Bonchev–Trinajstić information content (AvgIpc) is 1.59. The van der Waals surface area contributed by atoms with Crippen LogP contribution >= 0.6 is 0 Å². The lowest BCUT2D eigenvalue weighted by molar-refractivity contribution is -0.659. The van der Waals surface area contributed by atoms with Crippen molar-refractivity contribution >= 4 is 131 Å². The summed E-state index contributed by atoms with van der Waals surface area (Å²) in [7, 11) is 8.10. The lowest BCUT2D eigenvalue weighted by Gasteiger charge is -2.08. The molecule has 21 aromatic rings. The van der Waals surface area contributed by atoms with Crippen molar-refractivity contribution in [2.24, 2.45) is 28.2 Å². The van der Waals surface area contributed by atoms with Gasteiger partial charge < -0.3 is 17.7 Å². The normalized spacial score (nSPS) is 12.2. The van der Waals surface area contributed by atoms with Crippen LogP contribution in [0.4, 0.5) is 0 Å². The summed E-state index contributed by atoms with van der Waals surface area (Å²) in [4.78, 5) is 4.52. The molecule has 0 bridgehead atoms. The molecule has 0 saturated carbocycles. The van der Waals surface area contributed by atoms with Crippen LogP contribution in [0, 0.1) is 48.3 Å². The maximum Gasteiger partial charge on any atom is 0.224 e. The quantitative estimate of drug-likeness (QED) is 0.160. The number of aromatic nitrogens is 5. The molecule has 21 rings (SSSR count). The molecular formula is C104H97N5O4+4. The number of pyridine rings is 5. The minimum Gasteiger partial charge on any atom is -0.455 e. The van der Waals surface area contributed by atoms with Gasteiger partial charge in [-0.1, -0.05) is 217 Å². The van der Waals surface area contributed by atoms with Gasteiger partial charge in [-0.05, 0) is 170 Å². The molecule has 0 saturated heterocycles. The molecule has 0 amide bonds. The fourth-order valence-corrected chi connectivity index (χ4v) is 16.1. The van der Waals surface area contributed by atoms with Crippen LogP contribution in [0.1, 0.15) is 76.9 Å². The highest BCUT2D eigenvalue weighted by Crippen LogP contribution is 2.42. The first kappa shape index (κ1) is 68.9. The van der Waals surface area contributed by atoms with E-state index in [-0.39, 0.29) is 40.8 Å². The molecule has 0 radical (unpaired) electrons. The Kier molecular flexibility index (Phi) is 18.8. The second-order valence-corrected chi connectivity index (χ2v) is 28.9. The number of benzene rings is 12. The molecule has 0 unspecified atom stereocenters. The van der Waals surface area contributed by atoms with E-state index in [0.29, 0.717) is 16.6 Å². The first-order chi connectivity index (χ1) is 55.5. The highest BCUT2D eigenvalue weighted by atomic mass is 16.3. The van der Waals surface area contributed by atoms with E-state index in [2.05, 4.69) is 292 Å². The predicted octanol–water partition coefficient (Wildman–Crippen LogP) is 26.7. The largest absolute Gasteiger partial charge is 0.455 e. The zero-order chi connectivity index (χ0) is 79.5. The van der Waals surface area contributed by atoms with Crippen molar-refractivity contribution in [3.63, 3.8) is 0 Å². The van der Waals surface area contributed by atoms with Gasteiger partial charge in [-0.2, -0.15) is 4.57 Å². The smallest absolute Gasteiger partial charge is 0.224 e. The minimum atomic E-state index is -2.39. The lowest BCUT2D eigenvalue weighted by Crippen LogP contribution is -2.31. The first-order valence-electron chi connectivity index (χ1n) is 39.7. The molecule has 558 valence electrons. The number of furan rings is 4. The third-order valence-electron chi connectivity index (χ3n) is 21.6. The number of hydrogen-bond acceptors (Lipinski definition) is 5. The van der Waals surface area contributed by atoms with Crippen LogP contribution in [0.25, 0.3) is 187 Å². The Morgan fingerprint density at radius 3 is 1.30 bits per heavy atom. The van der Waals surface area contributed by atoms with E-state index < -0.39 is 13.7 Å². The van der Waals surface area contributed by atoms with Gasteiger partial charge in [-0.3, -0.25) is 4.98 Å². The molecule has 9 heterocycles. The molecule has 0 N–H and O–H groups in total. The van der Waals surface area contributed by atoms with Crippen LogP contribution in [0.2, 0.25) is 0 Å². The van der Waals surface area contributed by atoms with Crippen molar-refractivity contribution in [1.29, 1.82) is 0 Å². The Hall–Kier alpha value is -13.4. The zero-order valence-corrected chi connectivity index (χ0v) is 62.1. The maximum atomic E-state index is 8.20. The first-order valence-corrected chi connectivity index (χ1v) is 36.7. The van der Waals surface area contributed by atoms with Gasteiger partial charge in [0, 0.05) is 74.4 Å². The van der Waals surface area contributed by atoms with E-state index in [1.807, 2.05) is 56.6 Å². The zero-order valence-electron chi connectivity index (χ0n) is 68.1. The van der Waals surface area contributed by atoms with Crippen LogP contribution < -0.4 is 18.3 Å². The van der Waals surface area contributed by atoms with Crippen molar-refractivity contribution in [1.82, 2.24) is 4.98 Å². The molecular weight excluding hydrogens is 1380 g/mol. The van der Waals surface area contributed by atoms with Gasteiger partial charge >= 0.3 is 0 Å². The van der Waals surface area contributed by atoms with Crippen LogP contribution in [-0.4, -0.2) is 4.98 Å². The number of hydrogen-bond donors (Lipinski definition) is 0. The minimum absolute atomic E-state index is 0. The SMILES string of the molecule is C.C.C.C.Cc1ccc(-c2cc3oc4c5ccccc5ccc4c3c[n+]2C)c(C)c1.Cc1ccccc1-c1cc2oc3c(ccc4cccnc43)c2c[n+]1C.Cc1ccccc1-c1cc2oc3c4ccccc4ccc3c2c[n+]1C.[2H]C([2H])([2H])c1ccc(-c2c3c(oc4cc5ccc(-c6ccccc6)cc5cc43)c(C([2H])([2H])[2H])c[n+]2C)c(C)c1. The fraction of sp³-hybridized carbons (Fsp3) is 0.144. The number of rotatable bonds is 5. The van der Waals surface area contributed by atoms with Crippen LogP contribution in [0.5, 0.6) is 0 Å². The van der Waals surface area contributed by atoms with E-state index in [0.717, 1.165) is 132 Å².